The number of hydrogen-bond acceptors (Lipinski definition) is 2. The van der Waals surface area contributed by atoms with Crippen molar-refractivity contribution in [3.05, 3.63) is 0 Å². The average molecular weight is 280 g/mol. The monoisotopic (exact) mass is 280 g/mol. The molecule has 0 radical (unpaired) electrons. The Morgan fingerprint density at radius 3 is 1.83 bits per heavy atom. The minimum absolute atomic E-state index is 0.0265. The molecule has 0 amide bonds. The van der Waals surface area contributed by atoms with Crippen molar-refractivity contribution in [2.45, 2.75) is 56.7 Å². The molecule has 1 atom stereocenters. The van der Waals surface area contributed by atoms with E-state index in [0.29, 0.717) is 0 Å². The first-order valence-electron chi connectivity index (χ1n) is 5.52. The van der Waals surface area contributed by atoms with Crippen molar-refractivity contribution in [3.63, 3.8) is 0 Å². The van der Waals surface area contributed by atoms with Gasteiger partial charge >= 0.3 is 19.1 Å². The Morgan fingerprint density at radius 2 is 1.39 bits per heavy atom. The zero-order chi connectivity index (χ0) is 14.4. The molecule has 0 aromatic heterocycles. The fourth-order valence-electron chi connectivity index (χ4n) is 1.36. The van der Waals surface area contributed by atoms with Crippen LogP contribution in [0.4, 0.5) is 26.3 Å². The van der Waals surface area contributed by atoms with Crippen molar-refractivity contribution in [1.29, 1.82) is 0 Å². The molecule has 0 saturated carbocycles. The van der Waals surface area contributed by atoms with Crippen molar-refractivity contribution in [2.75, 3.05) is 0 Å². The first-order chi connectivity index (χ1) is 8.07. The summed E-state index contributed by atoms with van der Waals surface area (Å²) in [6.45, 7) is 0. The molecular formula is C9H15BF6O2. The Labute approximate surface area is 101 Å². The van der Waals surface area contributed by atoms with E-state index < -0.39 is 38.1 Å². The molecule has 0 aromatic carbocycles. The largest absolute Gasteiger partial charge is 0.531 e. The molecule has 0 heterocycles. The zero-order valence-electron chi connectivity index (χ0n) is 9.56. The van der Waals surface area contributed by atoms with E-state index in [1.165, 1.54) is 0 Å². The summed E-state index contributed by atoms with van der Waals surface area (Å²) in [4.78, 5) is 0. The topological polar surface area (TPSA) is 40.5 Å². The van der Waals surface area contributed by atoms with Gasteiger partial charge in [-0.15, -0.1) is 0 Å². The highest BCUT2D eigenvalue weighted by molar-refractivity contribution is 6.44. The SMILES string of the molecule is OB(O)C(F)(F)C(F)CCCCCCC(F)(F)F. The number of unbranched alkanes of at least 4 members (excludes halogenated alkanes) is 3. The molecule has 2 N–H and O–H groups in total. The van der Waals surface area contributed by atoms with Crippen LogP contribution in [0.1, 0.15) is 38.5 Å². The normalized spacial score (nSPS) is 14.7. The first-order valence-corrected chi connectivity index (χ1v) is 5.52. The van der Waals surface area contributed by atoms with Crippen LogP contribution in [0, 0.1) is 0 Å². The van der Waals surface area contributed by atoms with Gasteiger partial charge in [-0.25, -0.2) is 13.2 Å². The summed E-state index contributed by atoms with van der Waals surface area (Å²) < 4.78 is 73.3. The van der Waals surface area contributed by atoms with Gasteiger partial charge in [0.1, 0.15) is 0 Å². The predicted octanol–water partition coefficient (Wildman–Crippen LogP) is 2.87. The van der Waals surface area contributed by atoms with Crippen molar-refractivity contribution in [3.8, 4) is 0 Å². The summed E-state index contributed by atoms with van der Waals surface area (Å²) in [6, 6.07) is 0. The van der Waals surface area contributed by atoms with E-state index in [1.54, 1.807) is 0 Å². The van der Waals surface area contributed by atoms with Gasteiger partial charge in [-0.2, -0.15) is 13.2 Å². The van der Waals surface area contributed by atoms with Gasteiger partial charge in [-0.1, -0.05) is 19.3 Å². The van der Waals surface area contributed by atoms with Crippen LogP contribution in [0.25, 0.3) is 0 Å². The van der Waals surface area contributed by atoms with E-state index in [-0.39, 0.29) is 25.7 Å². The van der Waals surface area contributed by atoms with Gasteiger partial charge in [0.25, 0.3) is 0 Å². The molecule has 0 saturated heterocycles. The molecular weight excluding hydrogens is 265 g/mol. The molecule has 1 unspecified atom stereocenters. The molecule has 0 bridgehead atoms. The lowest BCUT2D eigenvalue weighted by Gasteiger charge is -2.19. The summed E-state index contributed by atoms with van der Waals surface area (Å²) >= 11 is 0. The molecule has 0 aliphatic carbocycles. The van der Waals surface area contributed by atoms with Crippen LogP contribution in [0.3, 0.4) is 0 Å². The second-order valence-electron chi connectivity index (χ2n) is 4.08. The van der Waals surface area contributed by atoms with E-state index in [1.807, 2.05) is 0 Å². The van der Waals surface area contributed by atoms with Crippen LogP contribution in [0.5, 0.6) is 0 Å². The maximum absolute atomic E-state index is 12.9. The van der Waals surface area contributed by atoms with Gasteiger partial charge in [0.15, 0.2) is 6.17 Å². The Morgan fingerprint density at radius 1 is 0.889 bits per heavy atom. The maximum Gasteiger partial charge on any atom is 0.531 e. The molecule has 0 fully saturated rings. The van der Waals surface area contributed by atoms with Crippen LogP contribution in [-0.4, -0.2) is 35.3 Å². The van der Waals surface area contributed by atoms with Gasteiger partial charge in [-0.3, -0.25) is 0 Å². The third-order valence-electron chi connectivity index (χ3n) is 2.43. The molecule has 0 spiro atoms. The number of halogens is 6. The molecule has 0 aliphatic rings. The third kappa shape index (κ3) is 7.10. The predicted molar refractivity (Wildman–Crippen MR) is 53.8 cm³/mol. The van der Waals surface area contributed by atoms with E-state index in [9.17, 15) is 26.3 Å². The smallest absolute Gasteiger partial charge is 0.423 e. The molecule has 0 rings (SSSR count). The van der Waals surface area contributed by atoms with Gasteiger partial charge in [0.05, 0.1) is 0 Å². The molecule has 2 nitrogen and oxygen atoms in total. The lowest BCUT2D eigenvalue weighted by atomic mass is 9.77. The first kappa shape index (κ1) is 17.6. The van der Waals surface area contributed by atoms with Crippen molar-refractivity contribution in [1.82, 2.24) is 0 Å². The van der Waals surface area contributed by atoms with Crippen LogP contribution >= 0.6 is 0 Å². The van der Waals surface area contributed by atoms with E-state index in [0.717, 1.165) is 0 Å². The van der Waals surface area contributed by atoms with Crippen molar-refractivity contribution < 1.29 is 36.4 Å². The minimum atomic E-state index is -4.24. The second-order valence-corrected chi connectivity index (χ2v) is 4.08. The minimum Gasteiger partial charge on any atom is -0.423 e. The quantitative estimate of drug-likeness (QED) is 0.408. The Bertz CT molecular complexity index is 234. The summed E-state index contributed by atoms with van der Waals surface area (Å²) in [5.74, 6) is -4.24. The Balaban J connectivity index is 3.67. The molecule has 18 heavy (non-hydrogen) atoms. The third-order valence-corrected chi connectivity index (χ3v) is 2.43. The molecule has 0 aliphatic heterocycles. The standard InChI is InChI=1S/C9H15BF6O2/c11-7(9(15,16)10(17)18)5-3-1-2-4-6-8(12,13)14/h7,17-18H,1-6H2. The van der Waals surface area contributed by atoms with Crippen LogP contribution < -0.4 is 0 Å². The Hall–Kier alpha value is -0.435. The van der Waals surface area contributed by atoms with E-state index in [2.05, 4.69) is 0 Å². The van der Waals surface area contributed by atoms with Crippen molar-refractivity contribution >= 4 is 7.12 Å². The highest BCUT2D eigenvalue weighted by Crippen LogP contribution is 2.27. The fraction of sp³-hybridized carbons (Fsp3) is 1.00. The Kier molecular flexibility index (Phi) is 7.05. The van der Waals surface area contributed by atoms with Crippen molar-refractivity contribution in [2.24, 2.45) is 0 Å². The molecule has 9 heteroatoms. The highest BCUT2D eigenvalue weighted by Gasteiger charge is 2.51. The van der Waals surface area contributed by atoms with Gasteiger partial charge in [0.2, 0.25) is 0 Å². The summed E-state index contributed by atoms with van der Waals surface area (Å²) in [6.07, 6.45) is -8.31. The lowest BCUT2D eigenvalue weighted by Crippen LogP contribution is -2.46. The summed E-state index contributed by atoms with van der Waals surface area (Å²) in [7, 11) is -3.07. The molecule has 0 aromatic rings. The second kappa shape index (κ2) is 7.23. The van der Waals surface area contributed by atoms with Gasteiger partial charge < -0.3 is 10.0 Å². The van der Waals surface area contributed by atoms with Crippen LogP contribution in [-0.2, 0) is 0 Å². The fourth-order valence-corrected chi connectivity index (χ4v) is 1.36. The highest BCUT2D eigenvalue weighted by atomic mass is 19.4. The number of alkyl halides is 6. The van der Waals surface area contributed by atoms with Crippen LogP contribution in [0.15, 0.2) is 0 Å². The summed E-state index contributed by atoms with van der Waals surface area (Å²) in [5.41, 5.74) is 0. The van der Waals surface area contributed by atoms with E-state index >= 15 is 0 Å². The number of rotatable bonds is 8. The van der Waals surface area contributed by atoms with E-state index in [4.69, 9.17) is 10.0 Å². The van der Waals surface area contributed by atoms with Crippen LogP contribution in [0.2, 0.25) is 0 Å². The molecule has 108 valence electrons. The van der Waals surface area contributed by atoms with Gasteiger partial charge in [0, 0.05) is 6.42 Å². The maximum atomic E-state index is 12.9. The number of hydrogen-bond donors (Lipinski definition) is 2. The lowest BCUT2D eigenvalue weighted by molar-refractivity contribution is -0.135. The summed E-state index contributed by atoms with van der Waals surface area (Å²) in [5, 5.41) is 16.4. The van der Waals surface area contributed by atoms with Gasteiger partial charge in [-0.05, 0) is 12.8 Å². The average Bonchev–Trinajstić information content (AvgIpc) is 2.20. The zero-order valence-corrected chi connectivity index (χ0v) is 9.56.